The lowest BCUT2D eigenvalue weighted by Gasteiger charge is -2.16. The molecule has 0 N–H and O–H groups in total. The molecule has 0 saturated heterocycles. The Labute approximate surface area is 259 Å². The number of furan rings is 1. The van der Waals surface area contributed by atoms with Crippen LogP contribution in [-0.2, 0) is 0 Å². The topological polar surface area (TPSA) is 13.1 Å². The molecule has 0 radical (unpaired) electrons. The highest BCUT2D eigenvalue weighted by Crippen LogP contribution is 2.48. The smallest absolute Gasteiger partial charge is 0.136 e. The Hall–Kier alpha value is -5.40. The summed E-state index contributed by atoms with van der Waals surface area (Å²) in [7, 11) is 0. The molecule has 190 valence electrons. The van der Waals surface area contributed by atoms with Gasteiger partial charge < -0.3 is 4.42 Å². The lowest BCUT2D eigenvalue weighted by molar-refractivity contribution is 0.669. The van der Waals surface area contributed by atoms with Gasteiger partial charge in [-0.3, -0.25) is 0 Å². The van der Waals surface area contributed by atoms with Crippen molar-refractivity contribution < 1.29 is 26.3 Å². The molecule has 1 nitrogen and oxygen atoms in total. The van der Waals surface area contributed by atoms with Gasteiger partial charge in [-0.05, 0) is 78.0 Å². The molecule has 0 amide bonds. The molecule has 1 aromatic heterocycles. The van der Waals surface area contributed by atoms with Crippen molar-refractivity contribution in [3.05, 3.63) is 145 Å². The average molecular weight is 537 g/mol. The molecule has 0 aliphatic carbocycles. The number of fused-ring (bicyclic) bond motifs is 8. The first-order chi connectivity index (χ1) is 27.0. The van der Waals surface area contributed by atoms with Gasteiger partial charge in [0.25, 0.3) is 0 Å². The number of hydrogen-bond donors (Lipinski definition) is 0. The van der Waals surface area contributed by atoms with E-state index in [9.17, 15) is 4.11 Å². The maximum atomic E-state index is 9.49. The second kappa shape index (κ2) is 8.55. The minimum absolute atomic E-state index is 0.0516. The molecule has 0 unspecified atom stereocenters. The van der Waals surface area contributed by atoms with Gasteiger partial charge in [-0.25, -0.2) is 0 Å². The Balaban J connectivity index is 1.64. The van der Waals surface area contributed by atoms with E-state index in [0.29, 0.717) is 10.8 Å². The Morgan fingerprint density at radius 2 is 1.24 bits per heavy atom. The van der Waals surface area contributed by atoms with Crippen molar-refractivity contribution in [2.24, 2.45) is 0 Å². The van der Waals surface area contributed by atoms with Crippen LogP contribution in [0.2, 0.25) is 0 Å². The predicted molar refractivity (Wildman–Crippen MR) is 175 cm³/mol. The molecule has 8 aromatic carbocycles. The molecule has 0 saturated carbocycles. The fourth-order valence-electron chi connectivity index (χ4n) is 5.82. The van der Waals surface area contributed by atoms with Crippen LogP contribution in [0.15, 0.2) is 150 Å². The Morgan fingerprint density at radius 1 is 0.463 bits per heavy atom. The molecule has 0 aliphatic heterocycles. The molecule has 0 fully saturated rings. The minimum atomic E-state index is -0.667. The van der Waals surface area contributed by atoms with Crippen LogP contribution in [0.25, 0.3) is 87.3 Å². The Morgan fingerprint density at radius 3 is 2.15 bits per heavy atom. The van der Waals surface area contributed by atoms with Gasteiger partial charge in [0.1, 0.15) is 11.2 Å². The molecule has 9 aromatic rings. The standard InChI is InChI=1S/C40H24O/c1-2-12-26(13-3-1)37-30-17-8-6-15-28(30)24-36-40(37)39-33(19-10-20-35(39)41-36)38-31-18-9-5-14-27(31)23-34-29-16-7-4-11-25(29)21-22-32(34)38/h1-24H/i1D,2D,3D,4D,5D,7D,9D,11D,12D,13D,14D,16D,18D,21D,22D,23D. The van der Waals surface area contributed by atoms with Crippen molar-refractivity contribution >= 4 is 65.0 Å². The highest BCUT2D eigenvalue weighted by atomic mass is 16.3. The Bertz CT molecular complexity index is 3340. The quantitative estimate of drug-likeness (QED) is 0.158. The fourth-order valence-corrected chi connectivity index (χ4v) is 5.82. The molecule has 0 spiro atoms. The summed E-state index contributed by atoms with van der Waals surface area (Å²) in [5, 5.41) is 0.129. The summed E-state index contributed by atoms with van der Waals surface area (Å²) in [6.07, 6.45) is 0. The summed E-state index contributed by atoms with van der Waals surface area (Å²) in [6, 6.07) is 4.12. The predicted octanol–water partition coefficient (Wildman–Crippen LogP) is 11.5. The third-order valence-electron chi connectivity index (χ3n) is 7.47. The van der Waals surface area contributed by atoms with Crippen LogP contribution < -0.4 is 0 Å². The molecule has 41 heavy (non-hydrogen) atoms. The third-order valence-corrected chi connectivity index (χ3v) is 7.47. The van der Waals surface area contributed by atoms with Gasteiger partial charge >= 0.3 is 0 Å². The van der Waals surface area contributed by atoms with Gasteiger partial charge in [0.05, 0.1) is 21.9 Å². The monoisotopic (exact) mass is 536 g/mol. The van der Waals surface area contributed by atoms with Crippen LogP contribution in [0.4, 0.5) is 0 Å². The van der Waals surface area contributed by atoms with Gasteiger partial charge in [0.2, 0.25) is 0 Å². The summed E-state index contributed by atoms with van der Waals surface area (Å²) in [4.78, 5) is 0. The molecule has 0 atom stereocenters. The van der Waals surface area contributed by atoms with Crippen LogP contribution in [0.3, 0.4) is 0 Å². The summed E-state index contributed by atoms with van der Waals surface area (Å²) < 4.78 is 148. The van der Waals surface area contributed by atoms with E-state index in [1.54, 1.807) is 48.5 Å². The van der Waals surface area contributed by atoms with E-state index in [4.69, 9.17) is 22.2 Å². The van der Waals surface area contributed by atoms with Gasteiger partial charge in [0, 0.05) is 16.3 Å². The maximum absolute atomic E-state index is 9.49. The van der Waals surface area contributed by atoms with Crippen molar-refractivity contribution in [3.8, 4) is 22.3 Å². The van der Waals surface area contributed by atoms with Crippen molar-refractivity contribution in [1.29, 1.82) is 0 Å². The molecular weight excluding hydrogens is 496 g/mol. The van der Waals surface area contributed by atoms with E-state index in [1.807, 2.05) is 0 Å². The first-order valence-electron chi connectivity index (χ1n) is 20.8. The largest absolute Gasteiger partial charge is 0.456 e. The average Bonchev–Trinajstić information content (AvgIpc) is 3.58. The highest BCUT2D eigenvalue weighted by molar-refractivity contribution is 6.28. The van der Waals surface area contributed by atoms with Crippen LogP contribution in [0.1, 0.15) is 21.9 Å². The summed E-state index contributed by atoms with van der Waals surface area (Å²) >= 11 is 0. The zero-order valence-corrected chi connectivity index (χ0v) is 21.0. The molecule has 9 rings (SSSR count). The minimum Gasteiger partial charge on any atom is -0.456 e. The first-order valence-corrected chi connectivity index (χ1v) is 12.8. The lowest BCUT2D eigenvalue weighted by Crippen LogP contribution is -1.89. The van der Waals surface area contributed by atoms with Crippen LogP contribution >= 0.6 is 0 Å². The highest BCUT2D eigenvalue weighted by Gasteiger charge is 2.21. The van der Waals surface area contributed by atoms with Crippen molar-refractivity contribution in [2.75, 3.05) is 0 Å². The summed E-state index contributed by atoms with van der Waals surface area (Å²) in [5.41, 5.74) is 0.648. The van der Waals surface area contributed by atoms with Crippen LogP contribution in [-0.4, -0.2) is 0 Å². The zero-order valence-electron chi connectivity index (χ0n) is 37.0. The summed E-state index contributed by atoms with van der Waals surface area (Å²) in [6.45, 7) is 0. The number of hydrogen-bond acceptors (Lipinski definition) is 1. The van der Waals surface area contributed by atoms with Gasteiger partial charge in [0.15, 0.2) is 0 Å². The van der Waals surface area contributed by atoms with Crippen LogP contribution in [0.5, 0.6) is 0 Å². The maximum Gasteiger partial charge on any atom is 0.136 e. The SMILES string of the molecule is [2H]c1c([2H])c([2H])c(-c2c3ccccc3cc3oc4cccc(-c5c6c([2H])c([2H])c([2H])c([2H])c6c([2H])c6c5c([2H])c([2H])c5c([2H])c([2H])c([2H])c([2H])c56)c4c23)c([2H])c1[2H]. The number of rotatable bonds is 2. The van der Waals surface area contributed by atoms with E-state index in [2.05, 4.69) is 0 Å². The fraction of sp³-hybridized carbons (Fsp3) is 0. The third kappa shape index (κ3) is 3.24. The normalized spacial score (nSPS) is 17.4. The Kier molecular flexibility index (Phi) is 2.50. The van der Waals surface area contributed by atoms with Crippen LogP contribution in [0, 0.1) is 0 Å². The summed E-state index contributed by atoms with van der Waals surface area (Å²) in [5.74, 6) is 0. The van der Waals surface area contributed by atoms with Crippen molar-refractivity contribution in [2.45, 2.75) is 0 Å². The molecule has 0 aliphatic rings. The second-order valence-corrected chi connectivity index (χ2v) is 9.63. The number of benzene rings is 8. The molecular formula is C40H24O. The van der Waals surface area contributed by atoms with E-state index >= 15 is 0 Å². The van der Waals surface area contributed by atoms with Gasteiger partial charge in [-0.2, -0.15) is 0 Å². The second-order valence-electron chi connectivity index (χ2n) is 9.63. The van der Waals surface area contributed by atoms with Gasteiger partial charge in [-0.1, -0.05) is 127 Å². The van der Waals surface area contributed by atoms with Gasteiger partial charge in [-0.15, -0.1) is 0 Å². The zero-order chi connectivity index (χ0) is 40.8. The van der Waals surface area contributed by atoms with Crippen molar-refractivity contribution in [3.63, 3.8) is 0 Å². The van der Waals surface area contributed by atoms with E-state index in [-0.39, 0.29) is 76.5 Å². The molecule has 1 heterocycles. The lowest BCUT2D eigenvalue weighted by atomic mass is 9.86. The van der Waals surface area contributed by atoms with E-state index in [1.165, 1.54) is 0 Å². The molecule has 1 heteroatoms. The molecule has 0 bridgehead atoms. The first kappa shape index (κ1) is 12.0. The van der Waals surface area contributed by atoms with E-state index < -0.39 is 96.7 Å². The van der Waals surface area contributed by atoms with E-state index in [0.717, 1.165) is 0 Å². The van der Waals surface area contributed by atoms with Crippen molar-refractivity contribution in [1.82, 2.24) is 0 Å².